The number of hydrogen-bond acceptors (Lipinski definition) is 5. The highest BCUT2D eigenvalue weighted by Gasteiger charge is 2.11. The van der Waals surface area contributed by atoms with Crippen LogP contribution in [-0.2, 0) is 0 Å². The van der Waals surface area contributed by atoms with E-state index < -0.39 is 11.0 Å². The van der Waals surface area contributed by atoms with Crippen LogP contribution in [0.15, 0.2) is 24.3 Å². The van der Waals surface area contributed by atoms with Gasteiger partial charge in [-0.25, -0.2) is 0 Å². The van der Waals surface area contributed by atoms with Gasteiger partial charge in [0.15, 0.2) is 0 Å². The van der Waals surface area contributed by atoms with Crippen molar-refractivity contribution in [3.63, 3.8) is 0 Å². The second kappa shape index (κ2) is 8.63. The van der Waals surface area contributed by atoms with E-state index in [4.69, 9.17) is 5.11 Å². The van der Waals surface area contributed by atoms with Crippen LogP contribution < -0.4 is 5.32 Å². The first-order valence-corrected chi connectivity index (χ1v) is 6.82. The average molecular weight is 282 g/mol. The molecule has 0 radical (unpaired) electrons. The molecule has 0 heterocycles. The summed E-state index contributed by atoms with van der Waals surface area (Å²) in [5.41, 5.74) is 0.668. The molecule has 0 aromatic heterocycles. The van der Waals surface area contributed by atoms with Crippen LogP contribution in [0.4, 0.5) is 5.69 Å². The van der Waals surface area contributed by atoms with Crippen LogP contribution in [0.1, 0.15) is 31.4 Å². The Morgan fingerprint density at radius 3 is 2.45 bits per heavy atom. The zero-order valence-electron chi connectivity index (χ0n) is 11.7. The molecule has 0 aliphatic rings. The quantitative estimate of drug-likeness (QED) is 0.472. The van der Waals surface area contributed by atoms with Crippen LogP contribution in [0.2, 0.25) is 0 Å². The third kappa shape index (κ3) is 5.24. The molecule has 2 atom stereocenters. The van der Waals surface area contributed by atoms with E-state index in [9.17, 15) is 15.2 Å². The maximum Gasteiger partial charge on any atom is 0.269 e. The van der Waals surface area contributed by atoms with Gasteiger partial charge in [0.2, 0.25) is 0 Å². The standard InChI is InChI=1S/C14H22N2O4/c1-2-11(7-8-17)9-15-10-14(18)12-3-5-13(6-4-12)16(19)20/h3-6,11,14-15,17-18H,2,7-10H2,1H3. The minimum Gasteiger partial charge on any atom is -0.396 e. The first-order valence-electron chi connectivity index (χ1n) is 6.82. The maximum atomic E-state index is 10.5. The van der Waals surface area contributed by atoms with Crippen LogP contribution in [-0.4, -0.2) is 34.8 Å². The fraction of sp³-hybridized carbons (Fsp3) is 0.571. The molecule has 112 valence electrons. The predicted octanol–water partition coefficient (Wildman–Crippen LogP) is 1.63. The Balaban J connectivity index is 2.42. The molecule has 1 rings (SSSR count). The zero-order chi connectivity index (χ0) is 15.0. The van der Waals surface area contributed by atoms with E-state index in [1.54, 1.807) is 12.1 Å². The minimum absolute atomic E-state index is 0.0166. The number of non-ortho nitro benzene ring substituents is 1. The number of rotatable bonds is 9. The fourth-order valence-electron chi connectivity index (χ4n) is 1.99. The van der Waals surface area contributed by atoms with E-state index in [0.29, 0.717) is 18.0 Å². The van der Waals surface area contributed by atoms with Gasteiger partial charge in [0, 0.05) is 25.3 Å². The van der Waals surface area contributed by atoms with Crippen molar-refractivity contribution < 1.29 is 15.1 Å². The molecule has 0 amide bonds. The van der Waals surface area contributed by atoms with Crippen LogP contribution in [0.25, 0.3) is 0 Å². The Morgan fingerprint density at radius 2 is 1.95 bits per heavy atom. The first kappa shape index (κ1) is 16.6. The summed E-state index contributed by atoms with van der Waals surface area (Å²) in [5.74, 6) is 0.393. The lowest BCUT2D eigenvalue weighted by Crippen LogP contribution is -2.27. The second-order valence-corrected chi connectivity index (χ2v) is 4.81. The molecule has 2 unspecified atom stereocenters. The molecule has 0 saturated heterocycles. The number of nitro groups is 1. The number of hydrogen-bond donors (Lipinski definition) is 3. The molecular weight excluding hydrogens is 260 g/mol. The van der Waals surface area contributed by atoms with Crippen LogP contribution in [0, 0.1) is 16.0 Å². The van der Waals surface area contributed by atoms with Gasteiger partial charge in [0.25, 0.3) is 5.69 Å². The van der Waals surface area contributed by atoms with Crippen LogP contribution in [0.5, 0.6) is 0 Å². The topological polar surface area (TPSA) is 95.6 Å². The van der Waals surface area contributed by atoms with Crippen molar-refractivity contribution in [2.24, 2.45) is 5.92 Å². The molecule has 0 fully saturated rings. The largest absolute Gasteiger partial charge is 0.396 e. The van der Waals surface area contributed by atoms with Crippen molar-refractivity contribution in [3.8, 4) is 0 Å². The van der Waals surface area contributed by atoms with E-state index in [2.05, 4.69) is 12.2 Å². The van der Waals surface area contributed by atoms with Gasteiger partial charge < -0.3 is 15.5 Å². The average Bonchev–Trinajstić information content (AvgIpc) is 2.46. The zero-order valence-corrected chi connectivity index (χ0v) is 11.7. The smallest absolute Gasteiger partial charge is 0.269 e. The van der Waals surface area contributed by atoms with E-state index in [0.717, 1.165) is 19.4 Å². The summed E-state index contributed by atoms with van der Waals surface area (Å²) in [5, 5.41) is 32.6. The van der Waals surface area contributed by atoms with Crippen molar-refractivity contribution >= 4 is 5.69 Å². The van der Waals surface area contributed by atoms with Crippen LogP contribution >= 0.6 is 0 Å². The third-order valence-electron chi connectivity index (χ3n) is 3.37. The predicted molar refractivity (Wildman–Crippen MR) is 76.4 cm³/mol. The number of aliphatic hydroxyl groups excluding tert-OH is 2. The summed E-state index contributed by atoms with van der Waals surface area (Å²) in [6.07, 6.45) is 1.03. The molecule has 1 aromatic rings. The van der Waals surface area contributed by atoms with Crippen molar-refractivity contribution in [2.45, 2.75) is 25.9 Å². The highest BCUT2D eigenvalue weighted by molar-refractivity contribution is 5.33. The van der Waals surface area contributed by atoms with Gasteiger partial charge in [-0.2, -0.15) is 0 Å². The van der Waals surface area contributed by atoms with Gasteiger partial charge >= 0.3 is 0 Å². The molecule has 0 bridgehead atoms. The Morgan fingerprint density at radius 1 is 1.30 bits per heavy atom. The first-order chi connectivity index (χ1) is 9.58. The molecule has 6 heteroatoms. The Hall–Kier alpha value is -1.50. The minimum atomic E-state index is -0.692. The van der Waals surface area contributed by atoms with Crippen molar-refractivity contribution in [1.29, 1.82) is 0 Å². The van der Waals surface area contributed by atoms with E-state index >= 15 is 0 Å². The van der Waals surface area contributed by atoms with E-state index in [-0.39, 0.29) is 12.3 Å². The molecule has 6 nitrogen and oxygen atoms in total. The summed E-state index contributed by atoms with van der Waals surface area (Å²) in [6.45, 7) is 3.36. The molecule has 0 saturated carbocycles. The Bertz CT molecular complexity index is 408. The van der Waals surface area contributed by atoms with Gasteiger partial charge in [0.1, 0.15) is 0 Å². The van der Waals surface area contributed by atoms with Gasteiger partial charge in [-0.05, 0) is 36.6 Å². The van der Waals surface area contributed by atoms with E-state index in [1.165, 1.54) is 12.1 Å². The lowest BCUT2D eigenvalue weighted by molar-refractivity contribution is -0.384. The lowest BCUT2D eigenvalue weighted by Gasteiger charge is -2.17. The van der Waals surface area contributed by atoms with Crippen molar-refractivity contribution in [3.05, 3.63) is 39.9 Å². The highest BCUT2D eigenvalue weighted by atomic mass is 16.6. The molecular formula is C14H22N2O4. The molecule has 0 aliphatic heterocycles. The molecule has 0 aliphatic carbocycles. The Kier molecular flexibility index (Phi) is 7.14. The summed E-state index contributed by atoms with van der Waals surface area (Å²) in [7, 11) is 0. The summed E-state index contributed by atoms with van der Waals surface area (Å²) in [4.78, 5) is 10.1. The van der Waals surface area contributed by atoms with Gasteiger partial charge in [-0.15, -0.1) is 0 Å². The lowest BCUT2D eigenvalue weighted by atomic mass is 10.0. The fourth-order valence-corrected chi connectivity index (χ4v) is 1.99. The molecule has 0 spiro atoms. The summed E-state index contributed by atoms with van der Waals surface area (Å²) < 4.78 is 0. The number of nitrogens with zero attached hydrogens (tertiary/aromatic N) is 1. The SMILES string of the molecule is CCC(CCO)CNCC(O)c1ccc([N+](=O)[O-])cc1. The number of aliphatic hydroxyl groups is 2. The number of nitrogens with one attached hydrogen (secondary N) is 1. The van der Waals surface area contributed by atoms with Gasteiger partial charge in [-0.3, -0.25) is 10.1 Å². The van der Waals surface area contributed by atoms with Crippen LogP contribution in [0.3, 0.4) is 0 Å². The number of nitro benzene ring substituents is 1. The van der Waals surface area contributed by atoms with Crippen molar-refractivity contribution in [1.82, 2.24) is 5.32 Å². The molecule has 1 aromatic carbocycles. The normalized spacial score (nSPS) is 13.9. The van der Waals surface area contributed by atoms with Gasteiger partial charge in [-0.1, -0.05) is 13.3 Å². The van der Waals surface area contributed by atoms with E-state index in [1.807, 2.05) is 0 Å². The summed E-state index contributed by atoms with van der Waals surface area (Å²) in [6, 6.07) is 5.91. The molecule has 3 N–H and O–H groups in total. The maximum absolute atomic E-state index is 10.5. The Labute approximate surface area is 118 Å². The molecule has 20 heavy (non-hydrogen) atoms. The highest BCUT2D eigenvalue weighted by Crippen LogP contribution is 2.17. The number of benzene rings is 1. The third-order valence-corrected chi connectivity index (χ3v) is 3.37. The van der Waals surface area contributed by atoms with Crippen molar-refractivity contribution in [2.75, 3.05) is 19.7 Å². The monoisotopic (exact) mass is 282 g/mol. The van der Waals surface area contributed by atoms with Gasteiger partial charge in [0.05, 0.1) is 11.0 Å². The second-order valence-electron chi connectivity index (χ2n) is 4.81. The summed E-state index contributed by atoms with van der Waals surface area (Å²) >= 11 is 0.